The topological polar surface area (TPSA) is 105 Å². The van der Waals surface area contributed by atoms with Gasteiger partial charge in [0.1, 0.15) is 29.8 Å². The Morgan fingerprint density at radius 2 is 1.20 bits per heavy atom. The van der Waals surface area contributed by atoms with Gasteiger partial charge in [-0.2, -0.15) is 0 Å². The van der Waals surface area contributed by atoms with Gasteiger partial charge in [-0.15, -0.1) is 0 Å². The van der Waals surface area contributed by atoms with E-state index < -0.39 is 24.1 Å². The number of hydrogen-bond donors (Lipinski definition) is 2. The van der Waals surface area contributed by atoms with Crippen LogP contribution in [0.5, 0.6) is 0 Å². The molecule has 0 radical (unpaired) electrons. The van der Waals surface area contributed by atoms with Crippen molar-refractivity contribution >= 4 is 92.3 Å². The van der Waals surface area contributed by atoms with E-state index in [2.05, 4.69) is 83.4 Å². The number of benzene rings is 6. The molecule has 0 atom stereocenters. The van der Waals surface area contributed by atoms with E-state index in [1.54, 1.807) is 54.6 Å². The monoisotopic (exact) mass is 853 g/mol. The molecule has 0 unspecified atom stereocenters. The van der Waals surface area contributed by atoms with E-state index in [0.29, 0.717) is 45.3 Å². The maximum absolute atomic E-state index is 14.1. The molecule has 8 nitrogen and oxygen atoms in total. The molecule has 0 aliphatic carbocycles. The summed E-state index contributed by atoms with van der Waals surface area (Å²) in [6.45, 7) is 0.213. The standard InChI is InChI=1S/C43H34Cl2N3O5P.BrH/c44-39(45)40(49)46-30-22-20-29(21-23-30)28-53-43(52)47-37-25-24-36-38-34(37)18-10-19-35(38)41(50)48(42(36)51)26-11-27-54(31-12-4-1-5-13-31,32-14-6-2-7-15-32)33-16-8-3-9-17-33;/h1-10,12-25,39H,11,26-28H2,(H-,46,47,49,50,51,52);1H. The molecule has 278 valence electrons. The summed E-state index contributed by atoms with van der Waals surface area (Å²) in [4.78, 5) is 52.9. The molecule has 4 amide bonds. The van der Waals surface area contributed by atoms with Crippen LogP contribution in [0.4, 0.5) is 16.2 Å². The summed E-state index contributed by atoms with van der Waals surface area (Å²) in [5.41, 5.74) is 2.38. The Kier molecular flexibility index (Phi) is 12.7. The van der Waals surface area contributed by atoms with Crippen molar-refractivity contribution in [3.63, 3.8) is 0 Å². The second-order valence-corrected chi connectivity index (χ2v) is 17.4. The number of amides is 4. The van der Waals surface area contributed by atoms with Crippen LogP contribution in [0.15, 0.2) is 146 Å². The molecule has 12 heteroatoms. The van der Waals surface area contributed by atoms with Crippen LogP contribution < -0.4 is 43.5 Å². The molecule has 0 bridgehead atoms. The van der Waals surface area contributed by atoms with Crippen molar-refractivity contribution in [1.82, 2.24) is 4.90 Å². The lowest BCUT2D eigenvalue weighted by Gasteiger charge is -2.30. The zero-order chi connectivity index (χ0) is 37.7. The van der Waals surface area contributed by atoms with Crippen molar-refractivity contribution in [3.05, 3.63) is 162 Å². The Bertz CT molecular complexity index is 2210. The molecule has 6 aromatic carbocycles. The summed E-state index contributed by atoms with van der Waals surface area (Å²) in [6, 6.07) is 46.8. The van der Waals surface area contributed by atoms with Gasteiger partial charge in [-0.05, 0) is 72.3 Å². The van der Waals surface area contributed by atoms with Gasteiger partial charge >= 0.3 is 6.09 Å². The highest BCUT2D eigenvalue weighted by molar-refractivity contribution is 7.95. The number of anilines is 2. The lowest BCUT2D eigenvalue weighted by molar-refractivity contribution is -0.114. The average Bonchev–Trinajstić information content (AvgIpc) is 3.21. The first-order valence-electron chi connectivity index (χ1n) is 17.3. The van der Waals surface area contributed by atoms with Gasteiger partial charge in [0, 0.05) is 40.6 Å². The Hall–Kier alpha value is -5.05. The quantitative estimate of drug-likeness (QED) is 0.0987. The zero-order valence-corrected chi connectivity index (χ0v) is 33.3. The van der Waals surface area contributed by atoms with Gasteiger partial charge in [-0.3, -0.25) is 24.6 Å². The highest BCUT2D eigenvalue weighted by Crippen LogP contribution is 2.55. The SMILES string of the molecule is O=C(Nc1ccc2c3c(cccc13)C(=O)N(CCC[P+](c1ccccc1)(c1ccccc1)c1ccccc1)C2=O)OCc1ccc(NC(=O)C(Cl)Cl)cc1.[Br-]. The van der Waals surface area contributed by atoms with Crippen molar-refractivity contribution in [2.24, 2.45) is 0 Å². The van der Waals surface area contributed by atoms with Crippen molar-refractivity contribution in [2.75, 3.05) is 23.3 Å². The minimum absolute atomic E-state index is 0. The predicted octanol–water partition coefficient (Wildman–Crippen LogP) is 5.31. The van der Waals surface area contributed by atoms with E-state index in [9.17, 15) is 19.2 Å². The first-order chi connectivity index (χ1) is 26.3. The number of nitrogens with one attached hydrogen (secondary N) is 2. The zero-order valence-electron chi connectivity index (χ0n) is 29.3. The van der Waals surface area contributed by atoms with Gasteiger partial charge in [0.05, 0.1) is 11.8 Å². The molecule has 0 saturated heterocycles. The number of rotatable bonds is 12. The van der Waals surface area contributed by atoms with E-state index in [-0.39, 0.29) is 41.9 Å². The highest BCUT2D eigenvalue weighted by atomic mass is 79.9. The Morgan fingerprint density at radius 1 is 0.655 bits per heavy atom. The first kappa shape index (κ1) is 39.6. The van der Waals surface area contributed by atoms with Crippen molar-refractivity contribution < 1.29 is 40.9 Å². The minimum atomic E-state index is -2.15. The van der Waals surface area contributed by atoms with Gasteiger partial charge in [-0.25, -0.2) is 4.79 Å². The largest absolute Gasteiger partial charge is 1.00 e. The van der Waals surface area contributed by atoms with Crippen molar-refractivity contribution in [1.29, 1.82) is 0 Å². The molecule has 1 heterocycles. The Morgan fingerprint density at radius 3 is 1.75 bits per heavy atom. The number of carbonyl (C=O) groups is 4. The summed E-state index contributed by atoms with van der Waals surface area (Å²) < 4.78 is 5.45. The maximum Gasteiger partial charge on any atom is 0.411 e. The fourth-order valence-electron chi connectivity index (χ4n) is 6.98. The second kappa shape index (κ2) is 17.6. The molecule has 1 aliphatic heterocycles. The summed E-state index contributed by atoms with van der Waals surface area (Å²) in [5.74, 6) is -1.28. The van der Waals surface area contributed by atoms with E-state index in [4.69, 9.17) is 27.9 Å². The third kappa shape index (κ3) is 8.31. The third-order valence-corrected chi connectivity index (χ3v) is 14.4. The van der Waals surface area contributed by atoms with Crippen LogP contribution in [-0.4, -0.2) is 46.3 Å². The molecule has 0 saturated carbocycles. The number of alkyl halides is 2. The van der Waals surface area contributed by atoms with Crippen LogP contribution in [0.1, 0.15) is 32.7 Å². The fraction of sp³-hybridized carbons (Fsp3) is 0.116. The normalized spacial score (nSPS) is 12.3. The lowest BCUT2D eigenvalue weighted by Crippen LogP contribution is -3.00. The number of imide groups is 1. The van der Waals surface area contributed by atoms with Gasteiger partial charge in [0.25, 0.3) is 17.7 Å². The molecule has 2 N–H and O–H groups in total. The highest BCUT2D eigenvalue weighted by Gasteiger charge is 2.45. The molecule has 0 aromatic heterocycles. The molecule has 7 rings (SSSR count). The summed E-state index contributed by atoms with van der Waals surface area (Å²) >= 11 is 11.2. The number of nitrogens with zero attached hydrogens (tertiary/aromatic N) is 1. The Balaban J connectivity index is 0.00000514. The number of halogens is 3. The van der Waals surface area contributed by atoms with E-state index >= 15 is 0 Å². The van der Waals surface area contributed by atoms with Crippen LogP contribution in [0.2, 0.25) is 0 Å². The van der Waals surface area contributed by atoms with Crippen molar-refractivity contribution in [2.45, 2.75) is 17.9 Å². The summed E-state index contributed by atoms with van der Waals surface area (Å²) in [7, 11) is -2.15. The van der Waals surface area contributed by atoms with Crippen LogP contribution >= 0.6 is 30.5 Å². The van der Waals surface area contributed by atoms with E-state index in [1.807, 2.05) is 18.2 Å². The van der Waals surface area contributed by atoms with Crippen LogP contribution in [-0.2, 0) is 16.1 Å². The number of ether oxygens (including phenoxy) is 1. The summed E-state index contributed by atoms with van der Waals surface area (Å²) in [5, 5.41) is 10.1. The molecular weight excluding hydrogens is 820 g/mol. The lowest BCUT2D eigenvalue weighted by atomic mass is 9.93. The smallest absolute Gasteiger partial charge is 0.411 e. The molecule has 55 heavy (non-hydrogen) atoms. The van der Waals surface area contributed by atoms with Crippen molar-refractivity contribution in [3.8, 4) is 0 Å². The van der Waals surface area contributed by atoms with Crippen LogP contribution in [0, 0.1) is 0 Å². The van der Waals surface area contributed by atoms with Gasteiger partial charge < -0.3 is 27.0 Å². The molecule has 1 aliphatic rings. The van der Waals surface area contributed by atoms with Gasteiger partial charge in [-0.1, -0.05) is 102 Å². The molecular formula is C43H35BrCl2N3O5P. The third-order valence-electron chi connectivity index (χ3n) is 9.48. The summed E-state index contributed by atoms with van der Waals surface area (Å²) in [6.07, 6.45) is 0.643. The minimum Gasteiger partial charge on any atom is -1.00 e. The fourth-order valence-corrected chi connectivity index (χ4v) is 11.4. The molecule has 6 aromatic rings. The van der Waals surface area contributed by atoms with E-state index in [1.165, 1.54) is 20.8 Å². The number of carbonyl (C=O) groups excluding carboxylic acids is 4. The van der Waals surface area contributed by atoms with E-state index in [0.717, 1.165) is 6.16 Å². The number of hydrogen-bond acceptors (Lipinski definition) is 5. The van der Waals surface area contributed by atoms with Crippen LogP contribution in [0.25, 0.3) is 10.8 Å². The first-order valence-corrected chi connectivity index (χ1v) is 20.2. The second-order valence-electron chi connectivity index (χ2n) is 12.7. The maximum atomic E-state index is 14.1. The average molecular weight is 856 g/mol. The van der Waals surface area contributed by atoms with Gasteiger partial charge in [0.15, 0.2) is 4.84 Å². The van der Waals surface area contributed by atoms with Crippen LogP contribution in [0.3, 0.4) is 0 Å². The van der Waals surface area contributed by atoms with Gasteiger partial charge in [0.2, 0.25) is 0 Å². The molecule has 0 fully saturated rings. The molecule has 0 spiro atoms. The predicted molar refractivity (Wildman–Crippen MR) is 218 cm³/mol. The Labute approximate surface area is 339 Å².